The third kappa shape index (κ3) is 3.85. The molecule has 0 bridgehead atoms. The highest BCUT2D eigenvalue weighted by Crippen LogP contribution is 2.32. The Morgan fingerprint density at radius 2 is 2.09 bits per heavy atom. The van der Waals surface area contributed by atoms with Crippen LogP contribution >= 0.6 is 28.1 Å². The fraction of sp³-hybridized carbons (Fsp3) is 0.333. The molecule has 22 heavy (non-hydrogen) atoms. The molecule has 7 heteroatoms. The molecule has 0 amide bonds. The topological polar surface area (TPSA) is 59.6 Å². The third-order valence-corrected chi connectivity index (χ3v) is 4.17. The number of carbonyl (C=O) groups is 1. The first-order valence-corrected chi connectivity index (χ1v) is 7.93. The summed E-state index contributed by atoms with van der Waals surface area (Å²) >= 11 is 8.72. The third-order valence-electron chi connectivity index (χ3n) is 3.23. The molecule has 1 aromatic rings. The van der Waals surface area contributed by atoms with Crippen molar-refractivity contribution in [2.75, 3.05) is 20.3 Å². The number of methoxy groups -OCH3 is 1. The van der Waals surface area contributed by atoms with Crippen LogP contribution in [0.1, 0.15) is 18.5 Å². The van der Waals surface area contributed by atoms with Crippen LogP contribution < -0.4 is 10.6 Å². The van der Waals surface area contributed by atoms with Gasteiger partial charge in [-0.2, -0.15) is 0 Å². The van der Waals surface area contributed by atoms with E-state index in [9.17, 15) is 4.79 Å². The summed E-state index contributed by atoms with van der Waals surface area (Å²) in [5, 5.41) is 6.58. The number of allylic oxidation sites excluding steroid dienone is 1. The minimum absolute atomic E-state index is 0.208. The Balaban J connectivity index is 2.33. The Bertz CT molecular complexity index is 619. The molecule has 0 saturated heterocycles. The Kier molecular flexibility index (Phi) is 5.93. The number of benzene rings is 1. The number of nitrogens with one attached hydrogen (secondary N) is 2. The Hall–Kier alpha value is -1.44. The first kappa shape index (κ1) is 16.9. The van der Waals surface area contributed by atoms with Crippen LogP contribution in [0.2, 0.25) is 0 Å². The highest BCUT2D eigenvalue weighted by atomic mass is 79.9. The highest BCUT2D eigenvalue weighted by Gasteiger charge is 2.31. The van der Waals surface area contributed by atoms with Gasteiger partial charge in [0.1, 0.15) is 6.61 Å². The van der Waals surface area contributed by atoms with E-state index in [0.29, 0.717) is 23.0 Å². The fourth-order valence-electron chi connectivity index (χ4n) is 2.20. The standard InChI is InChI=1S/C15H17BrN2O3S/c1-9-12(14(19)21-8-7-20-2)13(18-15(22)17-9)10-5-3-4-6-11(10)16/h3-6,13H,7-8H2,1-2H3,(H2,17,18,22)/t13-/m1/s1. The lowest BCUT2D eigenvalue weighted by Crippen LogP contribution is -2.45. The number of carbonyl (C=O) groups excluding carboxylic acids is 1. The average molecular weight is 385 g/mol. The molecule has 2 N–H and O–H groups in total. The van der Waals surface area contributed by atoms with Crippen LogP contribution in [0, 0.1) is 0 Å². The molecular weight excluding hydrogens is 368 g/mol. The second kappa shape index (κ2) is 7.71. The zero-order valence-corrected chi connectivity index (χ0v) is 14.7. The van der Waals surface area contributed by atoms with Crippen LogP contribution in [-0.4, -0.2) is 31.4 Å². The van der Waals surface area contributed by atoms with Gasteiger partial charge in [0.25, 0.3) is 0 Å². The zero-order valence-electron chi connectivity index (χ0n) is 12.3. The molecular formula is C15H17BrN2O3S. The summed E-state index contributed by atoms with van der Waals surface area (Å²) in [5.41, 5.74) is 2.12. The first-order valence-electron chi connectivity index (χ1n) is 6.73. The smallest absolute Gasteiger partial charge is 0.338 e. The second-order valence-corrected chi connectivity index (χ2v) is 5.98. The number of hydrogen-bond donors (Lipinski definition) is 2. The summed E-state index contributed by atoms with van der Waals surface area (Å²) in [6.45, 7) is 2.38. The number of halogens is 1. The molecule has 5 nitrogen and oxygen atoms in total. The van der Waals surface area contributed by atoms with E-state index in [1.807, 2.05) is 31.2 Å². The minimum atomic E-state index is -0.391. The van der Waals surface area contributed by atoms with Crippen LogP contribution in [0.3, 0.4) is 0 Å². The van der Waals surface area contributed by atoms with E-state index in [4.69, 9.17) is 21.7 Å². The fourth-order valence-corrected chi connectivity index (χ4v) is 2.99. The maximum absolute atomic E-state index is 12.4. The Labute approximate surface area is 143 Å². The maximum Gasteiger partial charge on any atom is 0.338 e. The summed E-state index contributed by atoms with van der Waals surface area (Å²) < 4.78 is 11.1. The number of esters is 1. The van der Waals surface area contributed by atoms with E-state index in [1.165, 1.54) is 0 Å². The van der Waals surface area contributed by atoms with Crippen molar-refractivity contribution in [3.8, 4) is 0 Å². The lowest BCUT2D eigenvalue weighted by molar-refractivity contribution is -0.140. The summed E-state index contributed by atoms with van der Waals surface area (Å²) in [4.78, 5) is 12.4. The van der Waals surface area contributed by atoms with Gasteiger partial charge in [0.15, 0.2) is 5.11 Å². The van der Waals surface area contributed by atoms with Gasteiger partial charge < -0.3 is 20.1 Å². The lowest BCUT2D eigenvalue weighted by atomic mass is 9.96. The van der Waals surface area contributed by atoms with Gasteiger partial charge in [-0.05, 0) is 30.8 Å². The first-order chi connectivity index (χ1) is 10.5. The van der Waals surface area contributed by atoms with Gasteiger partial charge in [0.2, 0.25) is 0 Å². The summed E-state index contributed by atoms with van der Waals surface area (Å²) in [7, 11) is 1.56. The second-order valence-electron chi connectivity index (χ2n) is 4.72. The van der Waals surface area contributed by atoms with E-state index in [1.54, 1.807) is 7.11 Å². The number of hydrogen-bond acceptors (Lipinski definition) is 4. The molecule has 0 unspecified atom stereocenters. The molecule has 118 valence electrons. The maximum atomic E-state index is 12.4. The van der Waals surface area contributed by atoms with Crippen molar-refractivity contribution in [2.45, 2.75) is 13.0 Å². The van der Waals surface area contributed by atoms with Crippen molar-refractivity contribution in [3.63, 3.8) is 0 Å². The quantitative estimate of drug-likeness (QED) is 0.461. The van der Waals surface area contributed by atoms with Crippen LogP contribution in [0.5, 0.6) is 0 Å². The largest absolute Gasteiger partial charge is 0.460 e. The van der Waals surface area contributed by atoms with E-state index in [0.717, 1.165) is 10.0 Å². The molecule has 2 rings (SSSR count). The van der Waals surface area contributed by atoms with Crippen LogP contribution in [-0.2, 0) is 14.3 Å². The molecule has 0 aromatic heterocycles. The van der Waals surface area contributed by atoms with Crippen molar-refractivity contribution in [2.24, 2.45) is 0 Å². The monoisotopic (exact) mass is 384 g/mol. The molecule has 1 aliphatic heterocycles. The van der Waals surface area contributed by atoms with Crippen molar-refractivity contribution in [1.29, 1.82) is 0 Å². The van der Waals surface area contributed by atoms with Crippen molar-refractivity contribution in [1.82, 2.24) is 10.6 Å². The molecule has 1 atom stereocenters. The normalized spacial score (nSPS) is 17.8. The van der Waals surface area contributed by atoms with Gasteiger partial charge in [-0.1, -0.05) is 34.1 Å². The van der Waals surface area contributed by atoms with E-state index < -0.39 is 5.97 Å². The molecule has 0 saturated carbocycles. The average Bonchev–Trinajstić information content (AvgIpc) is 2.47. The Morgan fingerprint density at radius 1 is 1.36 bits per heavy atom. The predicted octanol–water partition coefficient (Wildman–Crippen LogP) is 2.43. The number of ether oxygens (including phenoxy) is 2. The highest BCUT2D eigenvalue weighted by molar-refractivity contribution is 9.10. The van der Waals surface area contributed by atoms with Gasteiger partial charge in [-0.3, -0.25) is 0 Å². The van der Waals surface area contributed by atoms with Gasteiger partial charge in [0, 0.05) is 17.3 Å². The molecule has 0 radical (unpaired) electrons. The van der Waals surface area contributed by atoms with E-state index in [-0.39, 0.29) is 12.6 Å². The molecule has 1 aromatic carbocycles. The van der Waals surface area contributed by atoms with Gasteiger partial charge in [-0.15, -0.1) is 0 Å². The SMILES string of the molecule is COCCOC(=O)C1=C(C)NC(=S)N[C@@H]1c1ccccc1Br. The molecule has 0 spiro atoms. The Morgan fingerprint density at radius 3 is 2.77 bits per heavy atom. The molecule has 1 aliphatic rings. The van der Waals surface area contributed by atoms with Crippen LogP contribution in [0.15, 0.2) is 40.0 Å². The van der Waals surface area contributed by atoms with Crippen molar-refractivity contribution < 1.29 is 14.3 Å². The predicted molar refractivity (Wildman–Crippen MR) is 91.3 cm³/mol. The van der Waals surface area contributed by atoms with Crippen molar-refractivity contribution in [3.05, 3.63) is 45.6 Å². The van der Waals surface area contributed by atoms with Gasteiger partial charge in [0.05, 0.1) is 18.2 Å². The summed E-state index contributed by atoms with van der Waals surface area (Å²) in [6, 6.07) is 7.33. The van der Waals surface area contributed by atoms with E-state index in [2.05, 4.69) is 26.6 Å². The molecule has 0 aliphatic carbocycles. The minimum Gasteiger partial charge on any atom is -0.460 e. The summed E-state index contributed by atoms with van der Waals surface area (Å²) in [5.74, 6) is -0.391. The number of thiocarbonyl (C=S) groups is 1. The molecule has 1 heterocycles. The number of rotatable bonds is 5. The van der Waals surface area contributed by atoms with Crippen LogP contribution in [0.25, 0.3) is 0 Å². The van der Waals surface area contributed by atoms with Crippen molar-refractivity contribution >= 4 is 39.2 Å². The zero-order chi connectivity index (χ0) is 16.1. The lowest BCUT2D eigenvalue weighted by Gasteiger charge is -2.30. The van der Waals surface area contributed by atoms with Crippen LogP contribution in [0.4, 0.5) is 0 Å². The van der Waals surface area contributed by atoms with Gasteiger partial charge >= 0.3 is 5.97 Å². The molecule has 0 fully saturated rings. The van der Waals surface area contributed by atoms with E-state index >= 15 is 0 Å². The summed E-state index contributed by atoms with van der Waals surface area (Å²) in [6.07, 6.45) is 0. The van der Waals surface area contributed by atoms with Gasteiger partial charge in [-0.25, -0.2) is 4.79 Å².